The predicted octanol–water partition coefficient (Wildman–Crippen LogP) is 2.60. The molecule has 1 aromatic carbocycles. The average molecular weight is 323 g/mol. The largest absolute Gasteiger partial charge is 0.460 e. The molecule has 0 bridgehead atoms. The number of benzene rings is 1. The molecule has 0 amide bonds. The van der Waals surface area contributed by atoms with Gasteiger partial charge in [-0.3, -0.25) is 0 Å². The lowest BCUT2D eigenvalue weighted by Gasteiger charge is -2.04. The Bertz CT molecular complexity index is 871. The molecule has 0 spiro atoms. The van der Waals surface area contributed by atoms with Gasteiger partial charge in [0.15, 0.2) is 0 Å². The number of hydrogen-bond acceptors (Lipinski definition) is 5. The monoisotopic (exact) mass is 323 g/mol. The van der Waals surface area contributed by atoms with E-state index in [0.29, 0.717) is 6.61 Å². The predicted molar refractivity (Wildman–Crippen MR) is 90.3 cm³/mol. The van der Waals surface area contributed by atoms with Gasteiger partial charge in [0.25, 0.3) is 0 Å². The lowest BCUT2D eigenvalue weighted by Crippen LogP contribution is -2.06. The number of pyridine rings is 1. The number of hydrogen-bond donors (Lipinski definition) is 0. The molecule has 6 nitrogen and oxygen atoms in total. The molecule has 3 aromatic rings. The first-order chi connectivity index (χ1) is 11.8. The molecule has 0 aliphatic rings. The smallest absolute Gasteiger partial charge is 0.330 e. The Balaban J connectivity index is 1.87. The summed E-state index contributed by atoms with van der Waals surface area (Å²) in [5.41, 5.74) is 3.44. The fraction of sp³-hybridized carbons (Fsp3) is 0.167. The molecule has 0 aliphatic heterocycles. The zero-order chi connectivity index (χ0) is 16.8. The van der Waals surface area contributed by atoms with E-state index in [0.717, 1.165) is 22.3 Å². The van der Waals surface area contributed by atoms with E-state index in [1.165, 1.54) is 6.08 Å². The van der Waals surface area contributed by atoms with Gasteiger partial charge in [-0.25, -0.2) is 9.31 Å². The summed E-state index contributed by atoms with van der Waals surface area (Å²) in [5, 5.41) is 8.38. The summed E-state index contributed by atoms with van der Waals surface area (Å²) in [6.07, 6.45) is 4.97. The molecule has 0 unspecified atom stereocenters. The average Bonchev–Trinajstić information content (AvgIpc) is 3.04. The summed E-state index contributed by atoms with van der Waals surface area (Å²) in [5.74, 6) is -0.408. The van der Waals surface area contributed by atoms with Crippen LogP contribution >= 0.6 is 0 Å². The maximum absolute atomic E-state index is 11.7. The maximum atomic E-state index is 11.7. The number of nitrogens with zero attached hydrogens (tertiary/aromatic N) is 3. The first-order valence-electron chi connectivity index (χ1n) is 7.53. The number of ether oxygens (including phenoxy) is 2. The lowest BCUT2D eigenvalue weighted by atomic mass is 10.0. The molecule has 0 atom stereocenters. The highest BCUT2D eigenvalue weighted by atomic mass is 16.6. The van der Waals surface area contributed by atoms with Gasteiger partial charge in [0.1, 0.15) is 12.3 Å². The highest BCUT2D eigenvalue weighted by Crippen LogP contribution is 2.26. The van der Waals surface area contributed by atoms with Gasteiger partial charge in [-0.2, -0.15) is 0 Å². The van der Waals surface area contributed by atoms with Crippen LogP contribution in [0.25, 0.3) is 22.9 Å². The van der Waals surface area contributed by atoms with E-state index in [1.54, 1.807) is 17.7 Å². The molecule has 122 valence electrons. The number of fused-ring (bicyclic) bond motifs is 1. The van der Waals surface area contributed by atoms with E-state index in [9.17, 15) is 4.79 Å². The van der Waals surface area contributed by atoms with E-state index in [-0.39, 0.29) is 6.61 Å². The number of esters is 1. The second-order valence-corrected chi connectivity index (χ2v) is 5.05. The van der Waals surface area contributed by atoms with E-state index in [1.807, 2.05) is 48.7 Å². The van der Waals surface area contributed by atoms with Crippen molar-refractivity contribution < 1.29 is 14.3 Å². The third-order valence-corrected chi connectivity index (χ3v) is 3.47. The lowest BCUT2D eigenvalue weighted by molar-refractivity contribution is -0.138. The van der Waals surface area contributed by atoms with Crippen LogP contribution in [0.1, 0.15) is 5.56 Å². The first-order valence-corrected chi connectivity index (χ1v) is 7.53. The molecule has 0 radical (unpaired) electrons. The molecule has 0 aliphatic carbocycles. The van der Waals surface area contributed by atoms with Gasteiger partial charge in [-0.1, -0.05) is 35.5 Å². The normalized spacial score (nSPS) is 11.2. The number of carbonyl (C=O) groups is 1. The summed E-state index contributed by atoms with van der Waals surface area (Å²) in [7, 11) is 1.56. The molecule has 3 rings (SSSR count). The fourth-order valence-corrected chi connectivity index (χ4v) is 2.33. The fourth-order valence-electron chi connectivity index (χ4n) is 2.33. The van der Waals surface area contributed by atoms with E-state index in [4.69, 9.17) is 9.47 Å². The van der Waals surface area contributed by atoms with E-state index in [2.05, 4.69) is 10.3 Å². The molecule has 6 heteroatoms. The third kappa shape index (κ3) is 3.49. The van der Waals surface area contributed by atoms with Crippen molar-refractivity contribution >= 4 is 17.6 Å². The molecule has 0 fully saturated rings. The van der Waals surface area contributed by atoms with Crippen LogP contribution in [0.4, 0.5) is 0 Å². The molecule has 0 N–H and O–H groups in total. The summed E-state index contributed by atoms with van der Waals surface area (Å²) in [6.45, 7) is 0.611. The summed E-state index contributed by atoms with van der Waals surface area (Å²) < 4.78 is 11.6. The first kappa shape index (κ1) is 15.9. The highest BCUT2D eigenvalue weighted by molar-refractivity contribution is 5.90. The van der Waals surface area contributed by atoms with Gasteiger partial charge >= 0.3 is 5.97 Å². The summed E-state index contributed by atoms with van der Waals surface area (Å²) >= 11 is 0. The SMILES string of the molecule is COCCOC(=O)/C=C/c1ccccc1-c1nnn2ccccc12. The van der Waals surface area contributed by atoms with Gasteiger partial charge in [-0.05, 0) is 23.8 Å². The van der Waals surface area contributed by atoms with Gasteiger partial charge < -0.3 is 9.47 Å². The van der Waals surface area contributed by atoms with Crippen molar-refractivity contribution in [3.63, 3.8) is 0 Å². The van der Waals surface area contributed by atoms with Crippen LogP contribution in [0.2, 0.25) is 0 Å². The molecule has 0 saturated carbocycles. The van der Waals surface area contributed by atoms with Gasteiger partial charge in [0.2, 0.25) is 0 Å². The van der Waals surface area contributed by atoms with Crippen LogP contribution in [0.15, 0.2) is 54.7 Å². The molecular formula is C18H17N3O3. The topological polar surface area (TPSA) is 65.7 Å². The Kier molecular flexibility index (Phi) is 4.98. The number of carbonyl (C=O) groups excluding carboxylic acids is 1. The number of rotatable bonds is 6. The van der Waals surface area contributed by atoms with Crippen molar-refractivity contribution in [3.05, 3.63) is 60.3 Å². The summed E-state index contributed by atoms with van der Waals surface area (Å²) in [6, 6.07) is 13.5. The second kappa shape index (κ2) is 7.52. The Morgan fingerprint density at radius 2 is 2.00 bits per heavy atom. The van der Waals surface area contributed by atoms with Crippen molar-refractivity contribution in [1.82, 2.24) is 14.8 Å². The quantitative estimate of drug-likeness (QED) is 0.396. The minimum Gasteiger partial charge on any atom is -0.460 e. The van der Waals surface area contributed by atoms with Crippen LogP contribution < -0.4 is 0 Å². The molecule has 2 aromatic heterocycles. The van der Waals surface area contributed by atoms with Crippen LogP contribution in [0.5, 0.6) is 0 Å². The van der Waals surface area contributed by atoms with Gasteiger partial charge in [0, 0.05) is 24.9 Å². The zero-order valence-corrected chi connectivity index (χ0v) is 13.3. The van der Waals surface area contributed by atoms with Crippen molar-refractivity contribution in [2.75, 3.05) is 20.3 Å². The van der Waals surface area contributed by atoms with E-state index >= 15 is 0 Å². The number of methoxy groups -OCH3 is 1. The zero-order valence-electron chi connectivity index (χ0n) is 13.3. The van der Waals surface area contributed by atoms with E-state index < -0.39 is 5.97 Å². The van der Waals surface area contributed by atoms with Crippen molar-refractivity contribution in [1.29, 1.82) is 0 Å². The maximum Gasteiger partial charge on any atom is 0.330 e. The van der Waals surface area contributed by atoms with Crippen LogP contribution in [0.3, 0.4) is 0 Å². The molecule has 2 heterocycles. The van der Waals surface area contributed by atoms with Crippen molar-refractivity contribution in [2.24, 2.45) is 0 Å². The van der Waals surface area contributed by atoms with Crippen molar-refractivity contribution in [2.45, 2.75) is 0 Å². The second-order valence-electron chi connectivity index (χ2n) is 5.05. The Labute approximate surface area is 139 Å². The Morgan fingerprint density at radius 1 is 1.17 bits per heavy atom. The molecule has 0 saturated heterocycles. The minimum absolute atomic E-state index is 0.233. The highest BCUT2D eigenvalue weighted by Gasteiger charge is 2.11. The van der Waals surface area contributed by atoms with Gasteiger partial charge in [-0.15, -0.1) is 5.10 Å². The molecule has 24 heavy (non-hydrogen) atoms. The Hall–Kier alpha value is -2.99. The minimum atomic E-state index is -0.408. The van der Waals surface area contributed by atoms with Crippen LogP contribution in [0, 0.1) is 0 Å². The summed E-state index contributed by atoms with van der Waals surface area (Å²) in [4.78, 5) is 11.7. The van der Waals surface area contributed by atoms with Crippen LogP contribution in [-0.2, 0) is 14.3 Å². The van der Waals surface area contributed by atoms with Crippen molar-refractivity contribution in [3.8, 4) is 11.3 Å². The molecular weight excluding hydrogens is 306 g/mol. The van der Waals surface area contributed by atoms with Gasteiger partial charge in [0.05, 0.1) is 12.1 Å². The Morgan fingerprint density at radius 3 is 2.88 bits per heavy atom. The van der Waals surface area contributed by atoms with Crippen LogP contribution in [-0.4, -0.2) is 41.1 Å². The third-order valence-electron chi connectivity index (χ3n) is 3.47. The number of aromatic nitrogens is 3. The standard InChI is InChI=1S/C18H17N3O3/c1-23-12-13-24-17(22)10-9-14-6-2-3-7-15(14)18-16-8-4-5-11-21(16)20-19-18/h2-11H,12-13H2,1H3/b10-9+.